The highest BCUT2D eigenvalue weighted by atomic mass is 32.1. The van der Waals surface area contributed by atoms with E-state index in [0.717, 1.165) is 11.5 Å². The summed E-state index contributed by atoms with van der Waals surface area (Å²) < 4.78 is 22.5. The number of nitrogens with one attached hydrogen (secondary N) is 1. The smallest absolute Gasteiger partial charge is 0.410 e. The summed E-state index contributed by atoms with van der Waals surface area (Å²) in [5.41, 5.74) is 1.25. The molecule has 1 heterocycles. The molecule has 0 saturated carbocycles. The van der Waals surface area contributed by atoms with E-state index in [1.54, 1.807) is 42.5 Å². The number of carbonyl (C=O) groups excluding carboxylic acids is 1. The molecule has 0 atom stereocenters. The molecule has 4 nitrogen and oxygen atoms in total. The molecule has 3 rings (SSSR count). The van der Waals surface area contributed by atoms with Gasteiger partial charge in [0.05, 0.1) is 5.69 Å². The van der Waals surface area contributed by atoms with Gasteiger partial charge in [-0.3, -0.25) is 5.32 Å². The van der Waals surface area contributed by atoms with Crippen LogP contribution in [0.15, 0.2) is 60.7 Å². The van der Waals surface area contributed by atoms with E-state index in [9.17, 15) is 9.18 Å². The lowest BCUT2D eigenvalue weighted by Gasteiger charge is -2.03. The molecule has 0 aliphatic heterocycles. The number of rotatable bonds is 3. The van der Waals surface area contributed by atoms with Crippen molar-refractivity contribution in [3.63, 3.8) is 0 Å². The maximum atomic E-state index is 13.2. The van der Waals surface area contributed by atoms with E-state index in [0.29, 0.717) is 22.0 Å². The van der Waals surface area contributed by atoms with Crippen LogP contribution in [0.2, 0.25) is 0 Å². The van der Waals surface area contributed by atoms with Gasteiger partial charge in [0.2, 0.25) is 0 Å². The highest BCUT2D eigenvalue weighted by Gasteiger charge is 2.09. The maximum Gasteiger partial charge on any atom is 0.417 e. The second-order valence-electron chi connectivity index (χ2n) is 4.41. The number of ether oxygens (including phenoxy) is 1. The van der Waals surface area contributed by atoms with Crippen molar-refractivity contribution in [2.45, 2.75) is 0 Å². The second-order valence-corrected chi connectivity index (χ2v) is 5.22. The number of hydrogen-bond donors (Lipinski definition) is 1. The minimum atomic E-state index is -0.597. The van der Waals surface area contributed by atoms with E-state index >= 15 is 0 Å². The molecule has 0 bridgehead atoms. The van der Waals surface area contributed by atoms with Gasteiger partial charge in [-0.2, -0.15) is 4.37 Å². The van der Waals surface area contributed by atoms with Crippen LogP contribution in [0.25, 0.3) is 11.3 Å². The van der Waals surface area contributed by atoms with Gasteiger partial charge >= 0.3 is 6.09 Å². The molecule has 110 valence electrons. The van der Waals surface area contributed by atoms with Gasteiger partial charge in [0.25, 0.3) is 0 Å². The molecule has 22 heavy (non-hydrogen) atoms. The Labute approximate surface area is 130 Å². The van der Waals surface area contributed by atoms with E-state index in [2.05, 4.69) is 9.69 Å². The molecule has 0 aliphatic rings. The number of benzene rings is 2. The number of halogens is 1. The number of amides is 1. The molecular formula is C16H11FN2O2S. The minimum absolute atomic E-state index is 0.330. The summed E-state index contributed by atoms with van der Waals surface area (Å²) in [6.45, 7) is 0. The van der Waals surface area contributed by atoms with Gasteiger partial charge in [0.1, 0.15) is 16.6 Å². The summed E-state index contributed by atoms with van der Waals surface area (Å²) in [7, 11) is 0. The number of para-hydroxylation sites is 1. The standard InChI is InChI=1S/C16H11FN2O2S/c17-12-6-4-5-11(9-12)14-10-15(22-19-14)18-16(20)21-13-7-2-1-3-8-13/h1-10H,(H,18,20). The zero-order valence-corrected chi connectivity index (χ0v) is 12.1. The summed E-state index contributed by atoms with van der Waals surface area (Å²) in [5.74, 6) is 0.123. The van der Waals surface area contributed by atoms with Crippen molar-refractivity contribution in [1.82, 2.24) is 4.37 Å². The lowest BCUT2D eigenvalue weighted by molar-refractivity contribution is 0.215. The molecule has 0 unspecified atom stereocenters. The van der Waals surface area contributed by atoms with E-state index in [1.807, 2.05) is 6.07 Å². The number of aromatic nitrogens is 1. The fraction of sp³-hybridized carbons (Fsp3) is 0. The summed E-state index contributed by atoms with van der Waals surface area (Å²) in [6, 6.07) is 16.5. The first-order valence-corrected chi connectivity index (χ1v) is 7.24. The fourth-order valence-electron chi connectivity index (χ4n) is 1.84. The number of hydrogen-bond acceptors (Lipinski definition) is 4. The van der Waals surface area contributed by atoms with E-state index < -0.39 is 6.09 Å². The topological polar surface area (TPSA) is 51.2 Å². The zero-order chi connectivity index (χ0) is 15.4. The van der Waals surface area contributed by atoms with Crippen LogP contribution in [0.3, 0.4) is 0 Å². The average molecular weight is 314 g/mol. The summed E-state index contributed by atoms with van der Waals surface area (Å²) in [4.78, 5) is 11.8. The van der Waals surface area contributed by atoms with Crippen molar-refractivity contribution in [1.29, 1.82) is 0 Å². The third kappa shape index (κ3) is 3.48. The van der Waals surface area contributed by atoms with Crippen LogP contribution in [0.4, 0.5) is 14.2 Å². The van der Waals surface area contributed by atoms with Gasteiger partial charge in [-0.1, -0.05) is 30.3 Å². The molecule has 6 heteroatoms. The van der Waals surface area contributed by atoms with Gasteiger partial charge in [-0.15, -0.1) is 0 Å². The first-order chi connectivity index (χ1) is 10.7. The highest BCUT2D eigenvalue weighted by molar-refractivity contribution is 7.10. The third-order valence-corrected chi connectivity index (χ3v) is 3.51. The number of nitrogens with zero attached hydrogens (tertiary/aromatic N) is 1. The van der Waals surface area contributed by atoms with Crippen LogP contribution >= 0.6 is 11.5 Å². The van der Waals surface area contributed by atoms with Crippen molar-refractivity contribution in [2.75, 3.05) is 5.32 Å². The van der Waals surface area contributed by atoms with Crippen molar-refractivity contribution in [3.05, 3.63) is 66.5 Å². The maximum absolute atomic E-state index is 13.2. The summed E-state index contributed by atoms with van der Waals surface area (Å²) in [6.07, 6.45) is -0.597. The summed E-state index contributed by atoms with van der Waals surface area (Å²) in [5, 5.41) is 3.12. The largest absolute Gasteiger partial charge is 0.417 e. The molecule has 0 aliphatic carbocycles. The van der Waals surface area contributed by atoms with Crippen molar-refractivity contribution < 1.29 is 13.9 Å². The van der Waals surface area contributed by atoms with Gasteiger partial charge in [0, 0.05) is 11.6 Å². The van der Waals surface area contributed by atoms with E-state index in [4.69, 9.17) is 4.74 Å². The molecule has 3 aromatic rings. The van der Waals surface area contributed by atoms with E-state index in [-0.39, 0.29) is 5.82 Å². The van der Waals surface area contributed by atoms with Crippen LogP contribution in [-0.2, 0) is 0 Å². The molecule has 1 N–H and O–H groups in total. The Balaban J connectivity index is 1.68. The zero-order valence-electron chi connectivity index (χ0n) is 11.3. The van der Waals surface area contributed by atoms with Crippen LogP contribution in [-0.4, -0.2) is 10.5 Å². The van der Waals surface area contributed by atoms with Gasteiger partial charge in [-0.25, -0.2) is 9.18 Å². The molecule has 0 radical (unpaired) electrons. The molecular weight excluding hydrogens is 303 g/mol. The second kappa shape index (κ2) is 6.36. The van der Waals surface area contributed by atoms with Gasteiger partial charge < -0.3 is 4.74 Å². The van der Waals surface area contributed by atoms with Crippen LogP contribution in [0, 0.1) is 5.82 Å². The lowest BCUT2D eigenvalue weighted by Crippen LogP contribution is -2.15. The molecule has 1 amide bonds. The van der Waals surface area contributed by atoms with Crippen LogP contribution in [0.5, 0.6) is 5.75 Å². The normalized spacial score (nSPS) is 10.2. The Morgan fingerprint density at radius 2 is 1.91 bits per heavy atom. The van der Waals surface area contributed by atoms with Gasteiger partial charge in [0.15, 0.2) is 0 Å². The van der Waals surface area contributed by atoms with Crippen LogP contribution in [0.1, 0.15) is 0 Å². The highest BCUT2D eigenvalue weighted by Crippen LogP contribution is 2.26. The quantitative estimate of drug-likeness (QED) is 0.771. The number of anilines is 1. The molecule has 0 spiro atoms. The molecule has 0 saturated heterocycles. The predicted octanol–water partition coefficient (Wildman–Crippen LogP) is 4.56. The lowest BCUT2D eigenvalue weighted by atomic mass is 10.1. The van der Waals surface area contributed by atoms with Crippen molar-refractivity contribution >= 4 is 22.6 Å². The molecule has 0 fully saturated rings. The van der Waals surface area contributed by atoms with Crippen molar-refractivity contribution in [3.8, 4) is 17.0 Å². The minimum Gasteiger partial charge on any atom is -0.410 e. The Bertz CT molecular complexity index is 790. The van der Waals surface area contributed by atoms with Gasteiger partial charge in [-0.05, 0) is 35.8 Å². The first-order valence-electron chi connectivity index (χ1n) is 6.47. The van der Waals surface area contributed by atoms with E-state index in [1.165, 1.54) is 12.1 Å². The summed E-state index contributed by atoms with van der Waals surface area (Å²) >= 11 is 1.10. The first kappa shape index (κ1) is 14.2. The third-order valence-electron chi connectivity index (χ3n) is 2.81. The predicted molar refractivity (Wildman–Crippen MR) is 83.6 cm³/mol. The molecule has 2 aromatic carbocycles. The Kier molecular flexibility index (Phi) is 4.11. The van der Waals surface area contributed by atoms with Crippen molar-refractivity contribution in [2.24, 2.45) is 0 Å². The average Bonchev–Trinajstić information content (AvgIpc) is 2.96. The Hall–Kier alpha value is -2.73. The Morgan fingerprint density at radius 3 is 2.68 bits per heavy atom. The fourth-order valence-corrected chi connectivity index (χ4v) is 2.49. The molecule has 1 aromatic heterocycles. The monoisotopic (exact) mass is 314 g/mol. The van der Waals surface area contributed by atoms with Crippen LogP contribution < -0.4 is 10.1 Å². The Morgan fingerprint density at radius 1 is 1.09 bits per heavy atom. The number of carbonyl (C=O) groups is 1. The SMILES string of the molecule is O=C(Nc1cc(-c2cccc(F)c2)ns1)Oc1ccccc1.